The number of hydrogen-bond acceptors (Lipinski definition) is 3. The van der Waals surface area contributed by atoms with Gasteiger partial charge >= 0.3 is 12.0 Å². The Hall–Kier alpha value is -2.57. The van der Waals surface area contributed by atoms with Gasteiger partial charge in [-0.15, -0.1) is 0 Å². The molecule has 0 aliphatic carbocycles. The van der Waals surface area contributed by atoms with E-state index in [0.717, 1.165) is 0 Å². The molecule has 0 unspecified atom stereocenters. The molecule has 21 heavy (non-hydrogen) atoms. The molecular weight excluding hydrogens is 274 g/mol. The fraction of sp³-hybridized carbons (Fsp3) is 0.357. The molecule has 0 aliphatic heterocycles. The van der Waals surface area contributed by atoms with E-state index in [1.54, 1.807) is 20.0 Å². The zero-order valence-corrected chi connectivity index (χ0v) is 12.3. The second kappa shape index (κ2) is 7.28. The summed E-state index contributed by atoms with van der Waals surface area (Å²) < 4.78 is 0. The van der Waals surface area contributed by atoms with Gasteiger partial charge in [-0.1, -0.05) is 0 Å². The number of nitrogens with one attached hydrogen (secondary N) is 2. The van der Waals surface area contributed by atoms with E-state index >= 15 is 0 Å². The molecule has 7 heteroatoms. The van der Waals surface area contributed by atoms with Crippen molar-refractivity contribution in [2.45, 2.75) is 13.8 Å². The Morgan fingerprint density at radius 1 is 1.29 bits per heavy atom. The third-order valence-electron chi connectivity index (χ3n) is 3.01. The van der Waals surface area contributed by atoms with Crippen LogP contribution in [0.5, 0.6) is 0 Å². The third-order valence-corrected chi connectivity index (χ3v) is 3.01. The molecule has 114 valence electrons. The summed E-state index contributed by atoms with van der Waals surface area (Å²) in [5.74, 6) is -1.21. The van der Waals surface area contributed by atoms with Gasteiger partial charge in [0.1, 0.15) is 0 Å². The van der Waals surface area contributed by atoms with Crippen molar-refractivity contribution in [3.05, 3.63) is 29.3 Å². The number of aromatic carboxylic acids is 1. The summed E-state index contributed by atoms with van der Waals surface area (Å²) in [5.41, 5.74) is 1.19. The van der Waals surface area contributed by atoms with E-state index in [-0.39, 0.29) is 18.0 Å². The Balaban J connectivity index is 2.58. The molecule has 3 N–H and O–H groups in total. The van der Waals surface area contributed by atoms with E-state index in [4.69, 9.17) is 5.11 Å². The molecule has 7 nitrogen and oxygen atoms in total. The van der Waals surface area contributed by atoms with Gasteiger partial charge in [0.15, 0.2) is 0 Å². The quantitative estimate of drug-likeness (QED) is 0.762. The van der Waals surface area contributed by atoms with Gasteiger partial charge in [0.05, 0.1) is 12.1 Å². The van der Waals surface area contributed by atoms with Crippen LogP contribution in [0.2, 0.25) is 0 Å². The molecule has 0 aliphatic rings. The average molecular weight is 293 g/mol. The highest BCUT2D eigenvalue weighted by atomic mass is 16.4. The van der Waals surface area contributed by atoms with Crippen LogP contribution < -0.4 is 10.6 Å². The van der Waals surface area contributed by atoms with Crippen LogP contribution >= 0.6 is 0 Å². The normalized spacial score (nSPS) is 9.86. The van der Waals surface area contributed by atoms with Gasteiger partial charge in [0, 0.05) is 19.3 Å². The highest BCUT2D eigenvalue weighted by Gasteiger charge is 2.10. The Bertz CT molecular complexity index is 557. The van der Waals surface area contributed by atoms with E-state index in [1.807, 2.05) is 6.92 Å². The highest BCUT2D eigenvalue weighted by molar-refractivity contribution is 5.94. The van der Waals surface area contributed by atoms with E-state index in [9.17, 15) is 14.4 Å². The number of aryl methyl sites for hydroxylation is 1. The molecule has 0 spiro atoms. The standard InChI is InChI=1S/C14H19N3O4/c1-4-17(3)12(18)8-15-14(21)16-10-5-6-11(13(19)20)9(2)7-10/h5-7H,4,8H2,1-3H3,(H,19,20)(H2,15,16,21). The second-order valence-electron chi connectivity index (χ2n) is 4.55. The maximum atomic E-state index is 11.6. The fourth-order valence-corrected chi connectivity index (χ4v) is 1.62. The number of carbonyl (C=O) groups excluding carboxylic acids is 2. The first-order valence-corrected chi connectivity index (χ1v) is 6.48. The number of anilines is 1. The monoisotopic (exact) mass is 293 g/mol. The Morgan fingerprint density at radius 2 is 1.95 bits per heavy atom. The highest BCUT2D eigenvalue weighted by Crippen LogP contribution is 2.15. The number of urea groups is 1. The predicted molar refractivity (Wildman–Crippen MR) is 78.5 cm³/mol. The van der Waals surface area contributed by atoms with Crippen molar-refractivity contribution in [3.8, 4) is 0 Å². The predicted octanol–water partition coefficient (Wildman–Crippen LogP) is 1.29. The lowest BCUT2D eigenvalue weighted by Crippen LogP contribution is -2.39. The van der Waals surface area contributed by atoms with Crippen LogP contribution in [0.3, 0.4) is 0 Å². The van der Waals surface area contributed by atoms with Crippen molar-refractivity contribution in [2.24, 2.45) is 0 Å². The van der Waals surface area contributed by atoms with Gasteiger partial charge in [-0.3, -0.25) is 4.79 Å². The van der Waals surface area contributed by atoms with Crippen molar-refractivity contribution >= 4 is 23.6 Å². The topological polar surface area (TPSA) is 98.7 Å². The molecule has 0 heterocycles. The molecule has 0 saturated heterocycles. The van der Waals surface area contributed by atoms with Crippen molar-refractivity contribution in [1.82, 2.24) is 10.2 Å². The zero-order valence-electron chi connectivity index (χ0n) is 12.3. The summed E-state index contributed by atoms with van der Waals surface area (Å²) in [5, 5.41) is 13.9. The summed E-state index contributed by atoms with van der Waals surface area (Å²) in [4.78, 5) is 35.5. The molecule has 1 aromatic rings. The largest absolute Gasteiger partial charge is 0.478 e. The number of likely N-dealkylation sites (N-methyl/N-ethyl adjacent to an activating group) is 1. The first-order valence-electron chi connectivity index (χ1n) is 6.48. The smallest absolute Gasteiger partial charge is 0.335 e. The lowest BCUT2D eigenvalue weighted by molar-refractivity contribution is -0.128. The van der Waals surface area contributed by atoms with Gasteiger partial charge in [0.25, 0.3) is 0 Å². The van der Waals surface area contributed by atoms with E-state index in [0.29, 0.717) is 17.8 Å². The lowest BCUT2D eigenvalue weighted by Gasteiger charge is -2.15. The van der Waals surface area contributed by atoms with Crippen molar-refractivity contribution in [3.63, 3.8) is 0 Å². The molecular formula is C14H19N3O4. The molecule has 0 fully saturated rings. The number of hydrogen-bond donors (Lipinski definition) is 3. The second-order valence-corrected chi connectivity index (χ2v) is 4.55. The van der Waals surface area contributed by atoms with Gasteiger partial charge in [-0.2, -0.15) is 0 Å². The molecule has 0 saturated carbocycles. The number of carboxylic acid groups (broad SMARTS) is 1. The Kier molecular flexibility index (Phi) is 5.71. The third kappa shape index (κ3) is 4.79. The maximum absolute atomic E-state index is 11.6. The van der Waals surface area contributed by atoms with Gasteiger partial charge in [-0.25, -0.2) is 9.59 Å². The van der Waals surface area contributed by atoms with Crippen LogP contribution in [-0.4, -0.2) is 48.1 Å². The van der Waals surface area contributed by atoms with E-state index in [2.05, 4.69) is 10.6 Å². The van der Waals surface area contributed by atoms with Crippen LogP contribution in [0.4, 0.5) is 10.5 Å². The van der Waals surface area contributed by atoms with Crippen LogP contribution in [0.1, 0.15) is 22.8 Å². The zero-order chi connectivity index (χ0) is 16.0. The first kappa shape index (κ1) is 16.5. The number of carbonyl (C=O) groups is 3. The molecule has 1 rings (SSSR count). The van der Waals surface area contributed by atoms with Gasteiger partial charge in [-0.05, 0) is 37.6 Å². The minimum Gasteiger partial charge on any atom is -0.478 e. The van der Waals surface area contributed by atoms with Crippen LogP contribution in [0.15, 0.2) is 18.2 Å². The number of rotatable bonds is 5. The van der Waals surface area contributed by atoms with Crippen molar-refractivity contribution in [1.29, 1.82) is 0 Å². The Morgan fingerprint density at radius 3 is 2.48 bits per heavy atom. The number of amides is 3. The number of carboxylic acids is 1. The minimum atomic E-state index is -1.02. The molecule has 0 bridgehead atoms. The molecule has 0 atom stereocenters. The van der Waals surface area contributed by atoms with Gasteiger partial charge in [0.2, 0.25) is 5.91 Å². The Labute approximate surface area is 122 Å². The molecule has 0 radical (unpaired) electrons. The van der Waals surface area contributed by atoms with Gasteiger partial charge < -0.3 is 20.6 Å². The average Bonchev–Trinajstić information content (AvgIpc) is 2.43. The number of nitrogens with zero attached hydrogens (tertiary/aromatic N) is 1. The first-order chi connectivity index (χ1) is 9.85. The van der Waals surface area contributed by atoms with Crippen molar-refractivity contribution < 1.29 is 19.5 Å². The lowest BCUT2D eigenvalue weighted by atomic mass is 10.1. The SMILES string of the molecule is CCN(C)C(=O)CNC(=O)Nc1ccc(C(=O)O)c(C)c1. The maximum Gasteiger partial charge on any atom is 0.335 e. The number of benzene rings is 1. The molecule has 1 aromatic carbocycles. The van der Waals surface area contributed by atoms with Crippen molar-refractivity contribution in [2.75, 3.05) is 25.5 Å². The van der Waals surface area contributed by atoms with Crippen LogP contribution in [0.25, 0.3) is 0 Å². The summed E-state index contributed by atoms with van der Waals surface area (Å²) in [6.07, 6.45) is 0. The fourth-order valence-electron chi connectivity index (χ4n) is 1.62. The molecule has 0 aromatic heterocycles. The van der Waals surface area contributed by atoms with Crippen LogP contribution in [-0.2, 0) is 4.79 Å². The van der Waals surface area contributed by atoms with Crippen LogP contribution in [0, 0.1) is 6.92 Å². The molecule has 3 amide bonds. The summed E-state index contributed by atoms with van der Waals surface area (Å²) in [7, 11) is 1.65. The summed E-state index contributed by atoms with van der Waals surface area (Å²) in [6.45, 7) is 3.96. The minimum absolute atomic E-state index is 0.0949. The summed E-state index contributed by atoms with van der Waals surface area (Å²) >= 11 is 0. The van der Waals surface area contributed by atoms with E-state index in [1.165, 1.54) is 17.0 Å². The summed E-state index contributed by atoms with van der Waals surface area (Å²) in [6, 6.07) is 3.96. The van der Waals surface area contributed by atoms with E-state index < -0.39 is 12.0 Å².